The van der Waals surface area contributed by atoms with Gasteiger partial charge < -0.3 is 15.4 Å². The zero-order valence-electron chi connectivity index (χ0n) is 10.5. The van der Waals surface area contributed by atoms with Crippen LogP contribution < -0.4 is 10.6 Å². The first-order chi connectivity index (χ1) is 8.20. The summed E-state index contributed by atoms with van der Waals surface area (Å²) in [4.78, 5) is 10.8. The Hall–Kier alpha value is -1.20. The van der Waals surface area contributed by atoms with Crippen molar-refractivity contribution in [2.45, 2.75) is 25.9 Å². The Labute approximate surface area is 102 Å². The summed E-state index contributed by atoms with van der Waals surface area (Å²) in [5.41, 5.74) is 6.71. The third-order valence-electron chi connectivity index (χ3n) is 2.99. The van der Waals surface area contributed by atoms with Gasteiger partial charge in [-0.3, -0.25) is 0 Å². The number of nitrogens with two attached hydrogens (primary N) is 1. The van der Waals surface area contributed by atoms with Crippen LogP contribution in [-0.4, -0.2) is 42.3 Å². The maximum Gasteiger partial charge on any atom is 0.132 e. The molecule has 1 fully saturated rings. The van der Waals surface area contributed by atoms with Gasteiger partial charge in [0.25, 0.3) is 0 Å². The van der Waals surface area contributed by atoms with Crippen LogP contribution in [0.25, 0.3) is 0 Å². The number of nitrogens with zero attached hydrogens (tertiary/aromatic N) is 3. The summed E-state index contributed by atoms with van der Waals surface area (Å²) >= 11 is 0. The molecule has 1 saturated heterocycles. The van der Waals surface area contributed by atoms with Gasteiger partial charge in [0, 0.05) is 31.4 Å². The number of rotatable bonds is 3. The molecule has 5 heteroatoms. The molecule has 1 aliphatic heterocycles. The highest BCUT2D eigenvalue weighted by atomic mass is 16.5. The van der Waals surface area contributed by atoms with Crippen LogP contribution in [0.5, 0.6) is 0 Å². The maximum atomic E-state index is 5.64. The van der Waals surface area contributed by atoms with Crippen molar-refractivity contribution >= 4 is 5.82 Å². The highest BCUT2D eigenvalue weighted by Gasteiger charge is 2.20. The number of aromatic nitrogens is 2. The zero-order valence-corrected chi connectivity index (χ0v) is 10.5. The second kappa shape index (κ2) is 5.42. The molecule has 1 atom stereocenters. The molecule has 1 aliphatic rings. The van der Waals surface area contributed by atoms with Crippen molar-refractivity contribution in [3.05, 3.63) is 18.1 Å². The number of ether oxygens (including phenoxy) is 1. The van der Waals surface area contributed by atoms with Gasteiger partial charge in [-0.05, 0) is 5.92 Å². The monoisotopic (exact) mass is 236 g/mol. The van der Waals surface area contributed by atoms with E-state index < -0.39 is 0 Å². The van der Waals surface area contributed by atoms with Gasteiger partial charge in [-0.1, -0.05) is 13.8 Å². The third kappa shape index (κ3) is 2.92. The van der Waals surface area contributed by atoms with E-state index in [0.29, 0.717) is 19.1 Å². The van der Waals surface area contributed by atoms with Crippen molar-refractivity contribution in [1.82, 2.24) is 9.97 Å². The van der Waals surface area contributed by atoms with Crippen LogP contribution in [0.15, 0.2) is 12.4 Å². The summed E-state index contributed by atoms with van der Waals surface area (Å²) in [5.74, 6) is 1.40. The Kier molecular flexibility index (Phi) is 3.91. The van der Waals surface area contributed by atoms with Crippen molar-refractivity contribution in [1.29, 1.82) is 0 Å². The van der Waals surface area contributed by atoms with E-state index in [2.05, 4.69) is 34.8 Å². The first kappa shape index (κ1) is 12.3. The van der Waals surface area contributed by atoms with Gasteiger partial charge in [0.2, 0.25) is 0 Å². The molecule has 2 heterocycles. The molecule has 0 amide bonds. The molecule has 17 heavy (non-hydrogen) atoms. The van der Waals surface area contributed by atoms with Gasteiger partial charge in [0.05, 0.1) is 12.7 Å². The summed E-state index contributed by atoms with van der Waals surface area (Å²) in [7, 11) is 0. The second-order valence-electron chi connectivity index (χ2n) is 4.63. The van der Waals surface area contributed by atoms with Crippen molar-refractivity contribution < 1.29 is 4.74 Å². The largest absolute Gasteiger partial charge is 0.373 e. The molecular weight excluding hydrogens is 216 g/mol. The molecular formula is C12H20N4O. The van der Waals surface area contributed by atoms with E-state index in [1.54, 1.807) is 6.33 Å². The SMILES string of the molecule is CC(C)c1cc(N2CCOC(CN)C2)ncn1. The number of morpholine rings is 1. The third-order valence-corrected chi connectivity index (χ3v) is 2.99. The first-order valence-corrected chi connectivity index (χ1v) is 6.09. The van der Waals surface area contributed by atoms with Crippen LogP contribution >= 0.6 is 0 Å². The molecule has 94 valence electrons. The molecule has 5 nitrogen and oxygen atoms in total. The van der Waals surface area contributed by atoms with Crippen LogP contribution in [0, 0.1) is 0 Å². The van der Waals surface area contributed by atoms with Gasteiger partial charge in [-0.15, -0.1) is 0 Å². The standard InChI is InChI=1S/C12H20N4O/c1-9(2)11-5-12(15-8-14-11)16-3-4-17-10(6-13)7-16/h5,8-10H,3-4,6-7,13H2,1-2H3. The van der Waals surface area contributed by atoms with Crippen molar-refractivity contribution in [2.75, 3.05) is 31.1 Å². The molecule has 2 N–H and O–H groups in total. The fourth-order valence-corrected chi connectivity index (χ4v) is 1.92. The van der Waals surface area contributed by atoms with E-state index in [0.717, 1.165) is 24.6 Å². The predicted octanol–water partition coefficient (Wildman–Crippen LogP) is 0.764. The number of hydrogen-bond donors (Lipinski definition) is 1. The molecule has 0 radical (unpaired) electrons. The minimum Gasteiger partial charge on any atom is -0.373 e. The van der Waals surface area contributed by atoms with Gasteiger partial charge in [0.15, 0.2) is 0 Å². The lowest BCUT2D eigenvalue weighted by atomic mass is 10.1. The summed E-state index contributed by atoms with van der Waals surface area (Å²) in [6.07, 6.45) is 1.75. The predicted molar refractivity (Wildman–Crippen MR) is 67.1 cm³/mol. The highest BCUT2D eigenvalue weighted by Crippen LogP contribution is 2.18. The molecule has 1 aromatic heterocycles. The Morgan fingerprint density at radius 1 is 1.53 bits per heavy atom. The molecule has 0 aliphatic carbocycles. The molecule has 0 bridgehead atoms. The quantitative estimate of drug-likeness (QED) is 0.839. The lowest BCUT2D eigenvalue weighted by molar-refractivity contribution is 0.0463. The molecule has 1 aromatic rings. The first-order valence-electron chi connectivity index (χ1n) is 6.09. The van der Waals surface area contributed by atoms with E-state index in [1.165, 1.54) is 0 Å². The lowest BCUT2D eigenvalue weighted by Crippen LogP contribution is -2.46. The molecule has 0 saturated carbocycles. The van der Waals surface area contributed by atoms with Crippen LogP contribution in [0.1, 0.15) is 25.5 Å². The van der Waals surface area contributed by atoms with Gasteiger partial charge >= 0.3 is 0 Å². The molecule has 0 spiro atoms. The number of anilines is 1. The van der Waals surface area contributed by atoms with Crippen molar-refractivity contribution in [3.63, 3.8) is 0 Å². The van der Waals surface area contributed by atoms with E-state index in [-0.39, 0.29) is 6.10 Å². The van der Waals surface area contributed by atoms with Crippen molar-refractivity contribution in [2.24, 2.45) is 5.73 Å². The van der Waals surface area contributed by atoms with E-state index in [9.17, 15) is 0 Å². The van der Waals surface area contributed by atoms with Crippen LogP contribution in [0.3, 0.4) is 0 Å². The highest BCUT2D eigenvalue weighted by molar-refractivity contribution is 5.40. The second-order valence-corrected chi connectivity index (χ2v) is 4.63. The Morgan fingerprint density at radius 3 is 3.06 bits per heavy atom. The summed E-state index contributed by atoms with van der Waals surface area (Å²) in [6, 6.07) is 2.06. The lowest BCUT2D eigenvalue weighted by Gasteiger charge is -2.33. The Morgan fingerprint density at radius 2 is 2.35 bits per heavy atom. The minimum atomic E-state index is 0.112. The molecule has 0 aromatic carbocycles. The minimum absolute atomic E-state index is 0.112. The summed E-state index contributed by atoms with van der Waals surface area (Å²) in [5, 5.41) is 0. The topological polar surface area (TPSA) is 64.3 Å². The zero-order chi connectivity index (χ0) is 12.3. The van der Waals surface area contributed by atoms with Crippen LogP contribution in [-0.2, 0) is 4.74 Å². The summed E-state index contributed by atoms with van der Waals surface area (Å²) < 4.78 is 5.55. The van der Waals surface area contributed by atoms with Crippen LogP contribution in [0.2, 0.25) is 0 Å². The van der Waals surface area contributed by atoms with E-state index >= 15 is 0 Å². The Balaban J connectivity index is 2.13. The number of hydrogen-bond acceptors (Lipinski definition) is 5. The average Bonchev–Trinajstić information content (AvgIpc) is 2.39. The Bertz CT molecular complexity index is 369. The van der Waals surface area contributed by atoms with Gasteiger partial charge in [-0.25, -0.2) is 9.97 Å². The normalized spacial score (nSPS) is 20.9. The van der Waals surface area contributed by atoms with Crippen LogP contribution in [0.4, 0.5) is 5.82 Å². The fourth-order valence-electron chi connectivity index (χ4n) is 1.92. The maximum absolute atomic E-state index is 5.64. The van der Waals surface area contributed by atoms with Crippen molar-refractivity contribution in [3.8, 4) is 0 Å². The molecule has 2 rings (SSSR count). The fraction of sp³-hybridized carbons (Fsp3) is 0.667. The molecule has 1 unspecified atom stereocenters. The smallest absolute Gasteiger partial charge is 0.132 e. The van der Waals surface area contributed by atoms with Gasteiger partial charge in [-0.2, -0.15) is 0 Å². The van der Waals surface area contributed by atoms with Gasteiger partial charge in [0.1, 0.15) is 12.1 Å². The van der Waals surface area contributed by atoms with E-state index in [4.69, 9.17) is 10.5 Å². The summed E-state index contributed by atoms with van der Waals surface area (Å²) in [6.45, 7) is 7.21. The van der Waals surface area contributed by atoms with E-state index in [1.807, 2.05) is 0 Å². The average molecular weight is 236 g/mol.